The Morgan fingerprint density at radius 3 is 1.64 bits per heavy atom. The van der Waals surface area contributed by atoms with E-state index in [1.165, 1.54) is 28.4 Å². The molecule has 2 aliphatic rings. The molecule has 2 rings (SSSR count). The molecule has 148 valence electrons. The largest absolute Gasteiger partial charge is 0.385 e. The summed E-state index contributed by atoms with van der Waals surface area (Å²) in [5, 5.41) is 20.8. The van der Waals surface area contributed by atoms with Crippen LogP contribution in [0, 0.1) is 0 Å². The van der Waals surface area contributed by atoms with Gasteiger partial charge in [-0.1, -0.05) is 0 Å². The third-order valence-electron chi connectivity index (χ3n) is 4.88. The van der Waals surface area contributed by atoms with Gasteiger partial charge in [0.2, 0.25) is 0 Å². The van der Waals surface area contributed by atoms with Crippen LogP contribution in [0.2, 0.25) is 0 Å². The zero-order valence-corrected chi connectivity index (χ0v) is 15.5. The van der Waals surface area contributed by atoms with E-state index in [-0.39, 0.29) is 12.2 Å². The van der Waals surface area contributed by atoms with Crippen LogP contribution in [0.5, 0.6) is 0 Å². The Bertz CT molecular complexity index is 409. The normalized spacial score (nSPS) is 48.5. The monoisotopic (exact) mass is 366 g/mol. The van der Waals surface area contributed by atoms with Gasteiger partial charge in [-0.05, 0) is 13.8 Å². The number of hydrogen-bond donors (Lipinski definition) is 2. The molecule has 0 aromatic carbocycles. The van der Waals surface area contributed by atoms with Crippen molar-refractivity contribution in [1.29, 1.82) is 0 Å². The van der Waals surface area contributed by atoms with Gasteiger partial charge in [0.25, 0.3) is 0 Å². The van der Waals surface area contributed by atoms with Crippen LogP contribution in [-0.2, 0) is 33.2 Å². The van der Waals surface area contributed by atoms with Crippen LogP contribution in [-0.4, -0.2) is 100 Å². The van der Waals surface area contributed by atoms with E-state index in [9.17, 15) is 10.2 Å². The Kier molecular flexibility index (Phi) is 7.56. The molecule has 0 unspecified atom stereocenters. The zero-order valence-electron chi connectivity index (χ0n) is 15.5. The Balaban J connectivity index is 2.15. The molecule has 0 aromatic rings. The minimum absolute atomic E-state index is 0.384. The van der Waals surface area contributed by atoms with Crippen molar-refractivity contribution in [3.05, 3.63) is 0 Å². The average molecular weight is 366 g/mol. The second-order valence-corrected chi connectivity index (χ2v) is 6.33. The molecule has 0 saturated carbocycles. The molecule has 2 aliphatic heterocycles. The van der Waals surface area contributed by atoms with Crippen LogP contribution in [0.25, 0.3) is 0 Å². The first-order valence-electron chi connectivity index (χ1n) is 8.33. The highest BCUT2D eigenvalue weighted by Gasteiger charge is 2.50. The predicted octanol–water partition coefficient (Wildman–Crippen LogP) is -0.726. The molecular weight excluding hydrogens is 336 g/mol. The van der Waals surface area contributed by atoms with Crippen molar-refractivity contribution in [3.63, 3.8) is 0 Å². The lowest BCUT2D eigenvalue weighted by Gasteiger charge is -2.47. The van der Waals surface area contributed by atoms with Crippen molar-refractivity contribution in [2.24, 2.45) is 0 Å². The molecule has 0 bridgehead atoms. The maximum absolute atomic E-state index is 10.5. The first kappa shape index (κ1) is 20.9. The first-order chi connectivity index (χ1) is 11.9. The Morgan fingerprint density at radius 2 is 1.12 bits per heavy atom. The lowest BCUT2D eigenvalue weighted by Crippen LogP contribution is -2.64. The Morgan fingerprint density at radius 1 is 0.640 bits per heavy atom. The molecule has 2 fully saturated rings. The maximum Gasteiger partial charge on any atom is 0.187 e. The van der Waals surface area contributed by atoms with Gasteiger partial charge in [-0.25, -0.2) is 0 Å². The molecule has 2 heterocycles. The molecule has 9 nitrogen and oxygen atoms in total. The van der Waals surface area contributed by atoms with Crippen LogP contribution in [0.4, 0.5) is 0 Å². The molecule has 0 aliphatic carbocycles. The van der Waals surface area contributed by atoms with Crippen molar-refractivity contribution >= 4 is 0 Å². The number of methoxy groups -OCH3 is 4. The van der Waals surface area contributed by atoms with Gasteiger partial charge in [0.05, 0.1) is 12.2 Å². The highest BCUT2D eigenvalue weighted by Crippen LogP contribution is 2.31. The molecule has 9 heteroatoms. The van der Waals surface area contributed by atoms with Gasteiger partial charge < -0.3 is 43.4 Å². The van der Waals surface area contributed by atoms with Gasteiger partial charge in [0, 0.05) is 28.4 Å². The van der Waals surface area contributed by atoms with E-state index in [0.29, 0.717) is 0 Å². The third-order valence-corrected chi connectivity index (χ3v) is 4.88. The quantitative estimate of drug-likeness (QED) is 0.630. The van der Waals surface area contributed by atoms with Crippen LogP contribution < -0.4 is 0 Å². The fourth-order valence-corrected chi connectivity index (χ4v) is 3.58. The minimum Gasteiger partial charge on any atom is -0.385 e. The molecular formula is C16H30O9. The highest BCUT2D eigenvalue weighted by molar-refractivity contribution is 4.93. The predicted molar refractivity (Wildman–Crippen MR) is 85.0 cm³/mol. The summed E-state index contributed by atoms with van der Waals surface area (Å²) >= 11 is 0. The fourth-order valence-electron chi connectivity index (χ4n) is 3.58. The van der Waals surface area contributed by atoms with Crippen LogP contribution in [0.15, 0.2) is 0 Å². The second-order valence-electron chi connectivity index (χ2n) is 6.33. The van der Waals surface area contributed by atoms with Crippen molar-refractivity contribution in [2.75, 3.05) is 28.4 Å². The molecule has 2 N–H and O–H groups in total. The molecule has 10 atom stereocenters. The standard InChI is InChI=1S/C16H30O9/c1-7-11(20-4)13(22-6)14(15(18)23-7)25-16-9(17)12(21-5)10(19-3)8(2)24-16/h7-18H,1-6H3/t7-,8-,9+,10-,11-,12-,13+,14+,15+,16-/m0/s1. The molecule has 25 heavy (non-hydrogen) atoms. The van der Waals surface area contributed by atoms with Crippen LogP contribution in [0.3, 0.4) is 0 Å². The number of ether oxygens (including phenoxy) is 7. The third kappa shape index (κ3) is 4.15. The number of aliphatic hydroxyl groups excluding tert-OH is 2. The molecule has 0 spiro atoms. The van der Waals surface area contributed by atoms with E-state index < -0.39 is 49.2 Å². The SMILES string of the molecule is CO[C@@H]1[C@@H](OC)[C@H](C)O[C@@H](O)[C@@H]1O[C@@H]1O[C@@H](C)[C@H](OC)[C@@H](OC)[C@H]1O. The van der Waals surface area contributed by atoms with Gasteiger partial charge in [0.1, 0.15) is 36.6 Å². The smallest absolute Gasteiger partial charge is 0.187 e. The van der Waals surface area contributed by atoms with Gasteiger partial charge in [0.15, 0.2) is 12.6 Å². The van der Waals surface area contributed by atoms with Gasteiger partial charge >= 0.3 is 0 Å². The molecule has 2 saturated heterocycles. The van der Waals surface area contributed by atoms with E-state index in [4.69, 9.17) is 33.2 Å². The summed E-state index contributed by atoms with van der Waals surface area (Å²) in [6.45, 7) is 3.57. The van der Waals surface area contributed by atoms with Gasteiger partial charge in [-0.3, -0.25) is 0 Å². The summed E-state index contributed by atoms with van der Waals surface area (Å²) in [6.07, 6.45) is -7.22. The van der Waals surface area contributed by atoms with Crippen molar-refractivity contribution in [1.82, 2.24) is 0 Å². The average Bonchev–Trinajstić information content (AvgIpc) is 2.58. The van der Waals surface area contributed by atoms with Gasteiger partial charge in [-0.2, -0.15) is 0 Å². The molecule has 0 radical (unpaired) electrons. The van der Waals surface area contributed by atoms with Crippen molar-refractivity contribution in [3.8, 4) is 0 Å². The number of aliphatic hydroxyl groups is 2. The van der Waals surface area contributed by atoms with E-state index in [1.807, 2.05) is 0 Å². The lowest BCUT2D eigenvalue weighted by molar-refractivity contribution is -0.361. The minimum atomic E-state index is -1.25. The fraction of sp³-hybridized carbons (Fsp3) is 1.00. The summed E-state index contributed by atoms with van der Waals surface area (Å²) in [6, 6.07) is 0. The Hall–Kier alpha value is -0.360. The Labute approximate surface area is 148 Å². The van der Waals surface area contributed by atoms with E-state index in [0.717, 1.165) is 0 Å². The second kappa shape index (κ2) is 9.03. The van der Waals surface area contributed by atoms with Gasteiger partial charge in [-0.15, -0.1) is 0 Å². The van der Waals surface area contributed by atoms with E-state index >= 15 is 0 Å². The number of hydrogen-bond acceptors (Lipinski definition) is 9. The van der Waals surface area contributed by atoms with Crippen LogP contribution >= 0.6 is 0 Å². The summed E-state index contributed by atoms with van der Waals surface area (Å²) in [7, 11) is 6.03. The summed E-state index contributed by atoms with van der Waals surface area (Å²) in [4.78, 5) is 0. The van der Waals surface area contributed by atoms with Crippen LogP contribution in [0.1, 0.15) is 13.8 Å². The summed E-state index contributed by atoms with van der Waals surface area (Å²) < 4.78 is 38.6. The van der Waals surface area contributed by atoms with E-state index in [1.54, 1.807) is 13.8 Å². The number of rotatable bonds is 6. The summed E-state index contributed by atoms with van der Waals surface area (Å²) in [5.41, 5.74) is 0. The van der Waals surface area contributed by atoms with Crippen molar-refractivity contribution < 1.29 is 43.4 Å². The topological polar surface area (TPSA) is 105 Å². The molecule has 0 amide bonds. The molecule has 0 aromatic heterocycles. The summed E-state index contributed by atoms with van der Waals surface area (Å²) in [5.74, 6) is 0. The zero-order chi connectivity index (χ0) is 18.7. The van der Waals surface area contributed by atoms with Crippen molar-refractivity contribution in [2.45, 2.75) is 75.3 Å². The maximum atomic E-state index is 10.5. The van der Waals surface area contributed by atoms with E-state index in [2.05, 4.69) is 0 Å². The first-order valence-corrected chi connectivity index (χ1v) is 8.33. The highest BCUT2D eigenvalue weighted by atomic mass is 16.7. The lowest BCUT2D eigenvalue weighted by atomic mass is 9.97.